The van der Waals surface area contributed by atoms with Crippen LogP contribution in [0.3, 0.4) is 0 Å². The molecule has 1 N–H and O–H groups in total. The maximum Gasteiger partial charge on any atom is 0.335 e. The van der Waals surface area contributed by atoms with E-state index in [0.717, 1.165) is 38.1 Å². The zero-order valence-electron chi connectivity index (χ0n) is 10.5. The molecule has 2 rings (SSSR count). The second-order valence-corrected chi connectivity index (χ2v) is 6.09. The fraction of sp³-hybridized carbons (Fsp3) is 0.462. The molecule has 1 aromatic rings. The van der Waals surface area contributed by atoms with Gasteiger partial charge in [0.15, 0.2) is 0 Å². The average molecular weight is 285 g/mol. The van der Waals surface area contributed by atoms with Crippen molar-refractivity contribution >= 4 is 16.8 Å². The van der Waals surface area contributed by atoms with Crippen molar-refractivity contribution in [2.45, 2.75) is 17.7 Å². The summed E-state index contributed by atoms with van der Waals surface area (Å²) in [6.07, 6.45) is 2.30. The van der Waals surface area contributed by atoms with Crippen LogP contribution in [-0.4, -0.2) is 45.6 Å². The van der Waals surface area contributed by atoms with Gasteiger partial charge in [-0.3, -0.25) is 4.21 Å². The summed E-state index contributed by atoms with van der Waals surface area (Å²) in [5.41, 5.74) is -0.0362. The van der Waals surface area contributed by atoms with Gasteiger partial charge in [-0.05, 0) is 44.1 Å². The Balaban J connectivity index is 2.04. The summed E-state index contributed by atoms with van der Waals surface area (Å²) in [5.74, 6) is -1.41. The van der Waals surface area contributed by atoms with E-state index in [4.69, 9.17) is 5.11 Å². The van der Waals surface area contributed by atoms with Crippen LogP contribution in [0.5, 0.6) is 0 Å². The first kappa shape index (κ1) is 14.1. The summed E-state index contributed by atoms with van der Waals surface area (Å²) >= 11 is 0. The minimum atomic E-state index is -1.50. The van der Waals surface area contributed by atoms with E-state index >= 15 is 0 Å². The maximum absolute atomic E-state index is 13.6. The van der Waals surface area contributed by atoms with E-state index in [1.54, 1.807) is 0 Å². The Morgan fingerprint density at radius 3 is 2.68 bits per heavy atom. The molecule has 0 saturated carbocycles. The van der Waals surface area contributed by atoms with Crippen LogP contribution in [0.25, 0.3) is 0 Å². The Morgan fingerprint density at radius 2 is 2.05 bits per heavy atom. The summed E-state index contributed by atoms with van der Waals surface area (Å²) in [7, 11) is -1.50. The van der Waals surface area contributed by atoms with Crippen LogP contribution in [0, 0.1) is 5.82 Å². The predicted octanol–water partition coefficient (Wildman–Crippen LogP) is 1.73. The van der Waals surface area contributed by atoms with Gasteiger partial charge < -0.3 is 10.0 Å². The SMILES string of the molecule is O=C(O)c1ccc(F)c(S(=O)CCN2CCCC2)c1. The summed E-state index contributed by atoms with van der Waals surface area (Å²) in [5, 5.41) is 8.85. The number of hydrogen-bond donors (Lipinski definition) is 1. The van der Waals surface area contributed by atoms with Crippen molar-refractivity contribution in [3.63, 3.8) is 0 Å². The molecule has 1 saturated heterocycles. The third-order valence-electron chi connectivity index (χ3n) is 3.22. The van der Waals surface area contributed by atoms with Gasteiger partial charge >= 0.3 is 5.97 Å². The lowest BCUT2D eigenvalue weighted by Crippen LogP contribution is -2.24. The number of halogens is 1. The van der Waals surface area contributed by atoms with Crippen LogP contribution < -0.4 is 0 Å². The van der Waals surface area contributed by atoms with E-state index in [9.17, 15) is 13.4 Å². The van der Waals surface area contributed by atoms with Crippen molar-refractivity contribution < 1.29 is 18.5 Å². The fourth-order valence-electron chi connectivity index (χ4n) is 2.14. The molecule has 1 fully saturated rings. The zero-order valence-corrected chi connectivity index (χ0v) is 11.3. The van der Waals surface area contributed by atoms with Crippen molar-refractivity contribution in [1.82, 2.24) is 4.90 Å². The number of aromatic carboxylic acids is 1. The van der Waals surface area contributed by atoms with E-state index in [0.29, 0.717) is 12.3 Å². The van der Waals surface area contributed by atoms with Crippen molar-refractivity contribution in [2.24, 2.45) is 0 Å². The summed E-state index contributed by atoms with van der Waals surface area (Å²) < 4.78 is 25.6. The lowest BCUT2D eigenvalue weighted by atomic mass is 10.2. The molecule has 104 valence electrons. The quantitative estimate of drug-likeness (QED) is 0.895. The number of rotatable bonds is 5. The van der Waals surface area contributed by atoms with Crippen molar-refractivity contribution in [3.8, 4) is 0 Å². The number of carbonyl (C=O) groups is 1. The fourth-order valence-corrected chi connectivity index (χ4v) is 3.33. The molecular formula is C13H16FNO3S. The monoisotopic (exact) mass is 285 g/mol. The van der Waals surface area contributed by atoms with Crippen LogP contribution in [0.2, 0.25) is 0 Å². The highest BCUT2D eigenvalue weighted by atomic mass is 32.2. The zero-order chi connectivity index (χ0) is 13.8. The normalized spacial score (nSPS) is 17.5. The van der Waals surface area contributed by atoms with Gasteiger partial charge in [0, 0.05) is 12.3 Å². The lowest BCUT2D eigenvalue weighted by molar-refractivity contribution is 0.0696. The average Bonchev–Trinajstić information content (AvgIpc) is 2.89. The number of benzene rings is 1. The van der Waals surface area contributed by atoms with Crippen molar-refractivity contribution in [3.05, 3.63) is 29.6 Å². The van der Waals surface area contributed by atoms with Crippen molar-refractivity contribution in [2.75, 3.05) is 25.4 Å². The van der Waals surface area contributed by atoms with Crippen molar-refractivity contribution in [1.29, 1.82) is 0 Å². The molecule has 0 spiro atoms. The van der Waals surface area contributed by atoms with Crippen LogP contribution in [0.4, 0.5) is 4.39 Å². The Labute approximate surface area is 113 Å². The van der Waals surface area contributed by atoms with Crippen LogP contribution in [0.15, 0.2) is 23.1 Å². The molecule has 1 heterocycles. The molecular weight excluding hydrogens is 269 g/mol. The summed E-state index contributed by atoms with van der Waals surface area (Å²) in [6.45, 7) is 2.65. The molecule has 0 radical (unpaired) electrons. The minimum absolute atomic E-state index is 0.0147. The molecule has 6 heteroatoms. The number of likely N-dealkylation sites (tertiary alicyclic amines) is 1. The van der Waals surface area contributed by atoms with E-state index in [1.807, 2.05) is 0 Å². The highest BCUT2D eigenvalue weighted by Gasteiger charge is 2.16. The molecule has 1 aliphatic rings. The first-order valence-electron chi connectivity index (χ1n) is 6.21. The van der Waals surface area contributed by atoms with Crippen LogP contribution in [0.1, 0.15) is 23.2 Å². The highest BCUT2D eigenvalue weighted by Crippen LogP contribution is 2.16. The number of hydrogen-bond acceptors (Lipinski definition) is 3. The van der Waals surface area contributed by atoms with Gasteiger partial charge in [-0.2, -0.15) is 0 Å². The maximum atomic E-state index is 13.6. The smallest absolute Gasteiger partial charge is 0.335 e. The molecule has 0 amide bonds. The van der Waals surface area contributed by atoms with Gasteiger partial charge in [-0.25, -0.2) is 9.18 Å². The molecule has 1 aromatic carbocycles. The predicted molar refractivity (Wildman–Crippen MR) is 70.3 cm³/mol. The minimum Gasteiger partial charge on any atom is -0.478 e. The first-order chi connectivity index (χ1) is 9.08. The van der Waals surface area contributed by atoms with Gasteiger partial charge in [0.05, 0.1) is 21.3 Å². The Hall–Kier alpha value is -1.27. The van der Waals surface area contributed by atoms with E-state index in [2.05, 4.69) is 4.90 Å². The second kappa shape index (κ2) is 6.25. The molecule has 0 aromatic heterocycles. The standard InChI is InChI=1S/C13H16FNO3S/c14-11-4-3-10(13(16)17)9-12(11)19(18)8-7-15-5-1-2-6-15/h3-4,9H,1-2,5-8H2,(H,16,17). The van der Waals surface area contributed by atoms with Crippen LogP contribution >= 0.6 is 0 Å². The van der Waals surface area contributed by atoms with E-state index in [1.165, 1.54) is 6.07 Å². The Kier molecular flexibility index (Phi) is 4.66. The lowest BCUT2D eigenvalue weighted by Gasteiger charge is -2.14. The second-order valence-electron chi connectivity index (χ2n) is 4.55. The molecule has 19 heavy (non-hydrogen) atoms. The Bertz CT molecular complexity index is 501. The topological polar surface area (TPSA) is 57.6 Å². The van der Waals surface area contributed by atoms with Gasteiger partial charge in [-0.1, -0.05) is 0 Å². The highest BCUT2D eigenvalue weighted by molar-refractivity contribution is 7.85. The van der Waals surface area contributed by atoms with Gasteiger partial charge in [0.25, 0.3) is 0 Å². The van der Waals surface area contributed by atoms with Gasteiger partial charge in [0.1, 0.15) is 5.82 Å². The van der Waals surface area contributed by atoms with Gasteiger partial charge in [0.2, 0.25) is 0 Å². The molecule has 1 unspecified atom stereocenters. The number of carboxylic acid groups (broad SMARTS) is 1. The molecule has 0 aliphatic carbocycles. The Morgan fingerprint density at radius 1 is 1.37 bits per heavy atom. The number of nitrogens with zero attached hydrogens (tertiary/aromatic N) is 1. The van der Waals surface area contributed by atoms with E-state index in [-0.39, 0.29) is 10.5 Å². The van der Waals surface area contributed by atoms with Gasteiger partial charge in [-0.15, -0.1) is 0 Å². The third-order valence-corrected chi connectivity index (χ3v) is 4.57. The largest absolute Gasteiger partial charge is 0.478 e. The molecule has 0 bridgehead atoms. The third kappa shape index (κ3) is 3.61. The van der Waals surface area contributed by atoms with Crippen LogP contribution in [-0.2, 0) is 10.8 Å². The van der Waals surface area contributed by atoms with E-state index < -0.39 is 22.6 Å². The first-order valence-corrected chi connectivity index (χ1v) is 7.53. The summed E-state index contributed by atoms with van der Waals surface area (Å²) in [6, 6.07) is 3.41. The molecule has 4 nitrogen and oxygen atoms in total. The molecule has 1 aliphatic heterocycles. The molecule has 1 atom stereocenters. The number of carboxylic acids is 1. The summed E-state index contributed by atoms with van der Waals surface area (Å²) in [4.78, 5) is 13.0.